The van der Waals surface area contributed by atoms with Crippen molar-refractivity contribution in [1.29, 1.82) is 0 Å². The molecule has 1 N–H and O–H groups in total. The van der Waals surface area contributed by atoms with Crippen LogP contribution in [0, 0.1) is 0 Å². The van der Waals surface area contributed by atoms with Gasteiger partial charge in [0.1, 0.15) is 0 Å². The van der Waals surface area contributed by atoms with Crippen LogP contribution in [0.3, 0.4) is 0 Å². The van der Waals surface area contributed by atoms with Gasteiger partial charge in [0.25, 0.3) is 0 Å². The maximum atomic E-state index is 3.62. The SMILES string of the molecule is CC(C)=C[SiH2]CCCNCCC[Si](C)(C)C(C)(C)C. The fourth-order valence-corrected chi connectivity index (χ4v) is 5.07. The highest BCUT2D eigenvalue weighted by Crippen LogP contribution is 2.39. The van der Waals surface area contributed by atoms with E-state index in [1.54, 1.807) is 0 Å². The molecule has 3 heteroatoms. The van der Waals surface area contributed by atoms with Gasteiger partial charge in [-0.05, 0) is 44.8 Å². The molecule has 0 saturated carbocycles. The first-order chi connectivity index (χ1) is 8.67. The summed E-state index contributed by atoms with van der Waals surface area (Å²) < 4.78 is 0. The Hall–Kier alpha value is 0.134. The summed E-state index contributed by atoms with van der Waals surface area (Å²) in [6, 6.07) is 2.91. The highest BCUT2D eigenvalue weighted by molar-refractivity contribution is 6.80. The van der Waals surface area contributed by atoms with Crippen LogP contribution in [0.2, 0.25) is 30.2 Å². The van der Waals surface area contributed by atoms with Crippen molar-refractivity contribution in [2.24, 2.45) is 0 Å². The van der Waals surface area contributed by atoms with E-state index in [1.807, 2.05) is 0 Å². The third-order valence-corrected chi connectivity index (χ3v) is 12.2. The minimum atomic E-state index is -1.04. The van der Waals surface area contributed by atoms with Gasteiger partial charge in [0.05, 0.1) is 8.07 Å². The lowest BCUT2D eigenvalue weighted by molar-refractivity contribution is 0.645. The maximum absolute atomic E-state index is 3.62. The third-order valence-electron chi connectivity index (χ3n) is 4.55. The van der Waals surface area contributed by atoms with E-state index in [4.69, 9.17) is 0 Å². The van der Waals surface area contributed by atoms with Gasteiger partial charge in [-0.2, -0.15) is 0 Å². The lowest BCUT2D eigenvalue weighted by Crippen LogP contribution is -2.37. The van der Waals surface area contributed by atoms with Crippen molar-refractivity contribution in [3.8, 4) is 0 Å². The first-order valence-electron chi connectivity index (χ1n) is 8.01. The van der Waals surface area contributed by atoms with Crippen molar-refractivity contribution < 1.29 is 0 Å². The molecule has 0 unspecified atom stereocenters. The van der Waals surface area contributed by atoms with Crippen molar-refractivity contribution in [2.75, 3.05) is 13.1 Å². The van der Waals surface area contributed by atoms with Gasteiger partial charge in [0.15, 0.2) is 0 Å². The van der Waals surface area contributed by atoms with Gasteiger partial charge in [0.2, 0.25) is 0 Å². The molecule has 0 atom stereocenters. The van der Waals surface area contributed by atoms with Crippen LogP contribution in [0.25, 0.3) is 0 Å². The first-order valence-corrected chi connectivity index (χ1v) is 13.0. The molecular weight excluding hydrogens is 262 g/mol. The lowest BCUT2D eigenvalue weighted by Gasteiger charge is -2.37. The Labute approximate surface area is 125 Å². The van der Waals surface area contributed by atoms with Crippen LogP contribution < -0.4 is 5.32 Å². The van der Waals surface area contributed by atoms with E-state index in [2.05, 4.69) is 58.7 Å². The molecule has 0 aliphatic rings. The van der Waals surface area contributed by atoms with Gasteiger partial charge >= 0.3 is 0 Å². The number of rotatable bonds is 9. The van der Waals surface area contributed by atoms with E-state index in [-0.39, 0.29) is 9.52 Å². The van der Waals surface area contributed by atoms with Crippen LogP contribution >= 0.6 is 0 Å². The molecule has 0 spiro atoms. The quantitative estimate of drug-likeness (QED) is 0.492. The zero-order valence-corrected chi connectivity index (χ0v) is 16.9. The summed E-state index contributed by atoms with van der Waals surface area (Å²) in [4.78, 5) is 0. The van der Waals surface area contributed by atoms with Crippen molar-refractivity contribution >= 4 is 17.6 Å². The smallest absolute Gasteiger partial charge is 0.0528 e. The Bertz CT molecular complexity index is 260. The maximum Gasteiger partial charge on any atom is 0.0528 e. The van der Waals surface area contributed by atoms with E-state index in [1.165, 1.54) is 43.6 Å². The second-order valence-electron chi connectivity index (χ2n) is 7.76. The number of hydrogen-bond donors (Lipinski definition) is 1. The summed E-state index contributed by atoms with van der Waals surface area (Å²) in [5.41, 5.74) is 3.99. The average Bonchev–Trinajstić information content (AvgIpc) is 2.24. The molecule has 0 aliphatic heterocycles. The van der Waals surface area contributed by atoms with Crippen LogP contribution in [0.1, 0.15) is 47.5 Å². The van der Waals surface area contributed by atoms with Crippen LogP contribution in [0.5, 0.6) is 0 Å². The molecule has 0 heterocycles. The Morgan fingerprint density at radius 1 is 1.11 bits per heavy atom. The molecule has 1 nitrogen and oxygen atoms in total. The predicted molar refractivity (Wildman–Crippen MR) is 96.9 cm³/mol. The molecule has 0 radical (unpaired) electrons. The van der Waals surface area contributed by atoms with Crippen molar-refractivity contribution in [1.82, 2.24) is 5.32 Å². The van der Waals surface area contributed by atoms with E-state index in [0.29, 0.717) is 5.04 Å². The fourth-order valence-electron chi connectivity index (χ4n) is 1.94. The van der Waals surface area contributed by atoms with E-state index >= 15 is 0 Å². The van der Waals surface area contributed by atoms with Crippen molar-refractivity contribution in [2.45, 2.75) is 77.7 Å². The average molecular weight is 300 g/mol. The molecule has 0 aromatic rings. The standard InChI is InChI=1S/C16H37NSi2/c1-15(2)14-18-12-8-10-17-11-9-13-19(6,7)16(3,4)5/h14,17H,8-13,18H2,1-7H3. The Morgan fingerprint density at radius 2 is 1.68 bits per heavy atom. The van der Waals surface area contributed by atoms with Gasteiger partial charge in [0, 0.05) is 9.52 Å². The zero-order chi connectivity index (χ0) is 14.9. The van der Waals surface area contributed by atoms with E-state index in [9.17, 15) is 0 Å². The van der Waals surface area contributed by atoms with E-state index < -0.39 is 8.07 Å². The fraction of sp³-hybridized carbons (Fsp3) is 0.875. The molecule has 0 saturated heterocycles. The van der Waals surface area contributed by atoms with Crippen LogP contribution in [-0.2, 0) is 0 Å². The molecule has 0 aliphatic carbocycles. The highest BCUT2D eigenvalue weighted by Gasteiger charge is 2.33. The topological polar surface area (TPSA) is 12.0 Å². The lowest BCUT2D eigenvalue weighted by atomic mass is 10.2. The van der Waals surface area contributed by atoms with Gasteiger partial charge < -0.3 is 5.32 Å². The van der Waals surface area contributed by atoms with Crippen LogP contribution in [0.15, 0.2) is 11.3 Å². The molecule has 19 heavy (non-hydrogen) atoms. The van der Waals surface area contributed by atoms with Gasteiger partial charge in [-0.1, -0.05) is 51.5 Å². The Morgan fingerprint density at radius 3 is 2.21 bits per heavy atom. The summed E-state index contributed by atoms with van der Waals surface area (Å²) in [5.74, 6) is 0. The Balaban J connectivity index is 3.49. The molecule has 0 aromatic heterocycles. The highest BCUT2D eigenvalue weighted by atomic mass is 28.3. The van der Waals surface area contributed by atoms with Gasteiger partial charge in [-0.15, -0.1) is 5.70 Å². The molecule has 0 amide bonds. The summed E-state index contributed by atoms with van der Waals surface area (Å²) in [6.07, 6.45) is 2.73. The third kappa shape index (κ3) is 9.63. The van der Waals surface area contributed by atoms with E-state index in [0.717, 1.165) is 0 Å². The largest absolute Gasteiger partial charge is 0.317 e. The van der Waals surface area contributed by atoms with Crippen molar-refractivity contribution in [3.05, 3.63) is 11.3 Å². The molecule has 0 rings (SSSR count). The van der Waals surface area contributed by atoms with Crippen LogP contribution in [0.4, 0.5) is 0 Å². The molecule has 114 valence electrons. The first kappa shape index (κ1) is 19.1. The number of hydrogen-bond acceptors (Lipinski definition) is 1. The normalized spacial score (nSPS) is 13.2. The second kappa shape index (κ2) is 9.14. The molecule has 0 aromatic carbocycles. The van der Waals surface area contributed by atoms with Gasteiger partial charge in [-0.25, -0.2) is 0 Å². The predicted octanol–water partition coefficient (Wildman–Crippen LogP) is 4.38. The Kier molecular flexibility index (Phi) is 9.20. The molecule has 0 fully saturated rings. The molecular formula is C16H37NSi2. The summed E-state index contributed by atoms with van der Waals surface area (Å²) in [6.45, 7) is 19.2. The summed E-state index contributed by atoms with van der Waals surface area (Å²) >= 11 is 0. The zero-order valence-electron chi connectivity index (χ0n) is 14.5. The monoisotopic (exact) mass is 299 g/mol. The van der Waals surface area contributed by atoms with Gasteiger partial charge in [-0.3, -0.25) is 0 Å². The minimum Gasteiger partial charge on any atom is -0.317 e. The minimum absolute atomic E-state index is 0.0881. The summed E-state index contributed by atoms with van der Waals surface area (Å²) in [7, 11) is -0.951. The van der Waals surface area contributed by atoms with Crippen LogP contribution in [-0.4, -0.2) is 30.7 Å². The number of nitrogens with one attached hydrogen (secondary N) is 1. The number of allylic oxidation sites excluding steroid dienone is 1. The second-order valence-corrected chi connectivity index (χ2v) is 15.2. The van der Waals surface area contributed by atoms with Crippen molar-refractivity contribution in [3.63, 3.8) is 0 Å². The summed E-state index contributed by atoms with van der Waals surface area (Å²) in [5, 5.41) is 4.17. The molecule has 0 bridgehead atoms.